The van der Waals surface area contributed by atoms with E-state index in [1.807, 2.05) is 27.7 Å². The minimum atomic E-state index is -0.0304. The van der Waals surface area contributed by atoms with Gasteiger partial charge in [0.25, 0.3) is 0 Å². The predicted molar refractivity (Wildman–Crippen MR) is 84.0 cm³/mol. The van der Waals surface area contributed by atoms with Crippen molar-refractivity contribution in [3.05, 3.63) is 33.4 Å². The van der Waals surface area contributed by atoms with Crippen molar-refractivity contribution in [3.8, 4) is 5.75 Å². The summed E-state index contributed by atoms with van der Waals surface area (Å²) in [7, 11) is 3.47. The zero-order valence-corrected chi connectivity index (χ0v) is 13.8. The van der Waals surface area contributed by atoms with Crippen molar-refractivity contribution in [2.75, 3.05) is 14.1 Å². The first-order chi connectivity index (χ1) is 9.11. The Morgan fingerprint density at radius 3 is 1.80 bits per heavy atom. The molecule has 0 saturated heterocycles. The lowest BCUT2D eigenvalue weighted by Crippen LogP contribution is -2.23. The van der Waals surface area contributed by atoms with Crippen LogP contribution in [0.4, 0.5) is 0 Å². The predicted octanol–water partition coefficient (Wildman–Crippen LogP) is 3.51. The standard InChI is InChI=1S/C17H25NO2/c1-9-10(2)13(5)16(19)15(11(9)3)12(4)14(6)17(20)18(7)8/h19H,1-8H3/b14-12+. The number of hydrogen-bond donors (Lipinski definition) is 1. The van der Waals surface area contributed by atoms with Crippen LogP contribution in [0.5, 0.6) is 5.75 Å². The average molecular weight is 275 g/mol. The molecular formula is C17H25NO2. The maximum absolute atomic E-state index is 12.1. The Bertz CT molecular complexity index is 566. The van der Waals surface area contributed by atoms with E-state index in [2.05, 4.69) is 6.92 Å². The van der Waals surface area contributed by atoms with Gasteiger partial charge in [-0.25, -0.2) is 0 Å². The third kappa shape index (κ3) is 2.58. The van der Waals surface area contributed by atoms with Gasteiger partial charge in [-0.2, -0.15) is 0 Å². The van der Waals surface area contributed by atoms with E-state index in [1.54, 1.807) is 25.9 Å². The van der Waals surface area contributed by atoms with Crippen LogP contribution in [0, 0.1) is 27.7 Å². The van der Waals surface area contributed by atoms with E-state index in [-0.39, 0.29) is 11.7 Å². The fourth-order valence-corrected chi connectivity index (χ4v) is 2.43. The first-order valence-corrected chi connectivity index (χ1v) is 6.80. The smallest absolute Gasteiger partial charge is 0.249 e. The summed E-state index contributed by atoms with van der Waals surface area (Å²) in [4.78, 5) is 13.7. The van der Waals surface area contributed by atoms with Crippen molar-refractivity contribution < 1.29 is 9.90 Å². The molecule has 0 atom stereocenters. The Balaban J connectivity index is 3.64. The minimum absolute atomic E-state index is 0.0304. The van der Waals surface area contributed by atoms with E-state index in [0.717, 1.165) is 27.8 Å². The zero-order chi connectivity index (χ0) is 15.8. The molecule has 1 amide bonds. The molecule has 0 heterocycles. The number of benzene rings is 1. The summed E-state index contributed by atoms with van der Waals surface area (Å²) >= 11 is 0. The number of carbonyl (C=O) groups excluding carboxylic acids is 1. The molecule has 1 N–H and O–H groups in total. The summed E-state index contributed by atoms with van der Waals surface area (Å²) < 4.78 is 0. The van der Waals surface area contributed by atoms with Crippen molar-refractivity contribution >= 4 is 11.5 Å². The third-order valence-corrected chi connectivity index (χ3v) is 4.32. The van der Waals surface area contributed by atoms with Crippen molar-refractivity contribution in [2.24, 2.45) is 0 Å². The van der Waals surface area contributed by atoms with Gasteiger partial charge in [0, 0.05) is 25.2 Å². The molecule has 0 aliphatic carbocycles. The van der Waals surface area contributed by atoms with Crippen LogP contribution >= 0.6 is 0 Å². The molecule has 0 saturated carbocycles. The van der Waals surface area contributed by atoms with Crippen LogP contribution in [0.25, 0.3) is 5.57 Å². The molecule has 0 aromatic heterocycles. The molecule has 1 aromatic carbocycles. The Morgan fingerprint density at radius 2 is 1.35 bits per heavy atom. The molecule has 0 radical (unpaired) electrons. The van der Waals surface area contributed by atoms with Crippen molar-refractivity contribution in [2.45, 2.75) is 41.5 Å². The largest absolute Gasteiger partial charge is 0.507 e. The van der Waals surface area contributed by atoms with Crippen LogP contribution in [0.2, 0.25) is 0 Å². The molecule has 0 unspecified atom stereocenters. The van der Waals surface area contributed by atoms with Crippen LogP contribution < -0.4 is 0 Å². The fourth-order valence-electron chi connectivity index (χ4n) is 2.43. The number of aromatic hydroxyl groups is 1. The first kappa shape index (κ1) is 16.3. The lowest BCUT2D eigenvalue weighted by atomic mass is 9.88. The first-order valence-electron chi connectivity index (χ1n) is 6.80. The van der Waals surface area contributed by atoms with E-state index < -0.39 is 0 Å². The molecule has 3 nitrogen and oxygen atoms in total. The van der Waals surface area contributed by atoms with Gasteiger partial charge in [-0.3, -0.25) is 4.79 Å². The highest BCUT2D eigenvalue weighted by Crippen LogP contribution is 2.37. The number of hydrogen-bond acceptors (Lipinski definition) is 2. The van der Waals surface area contributed by atoms with Gasteiger partial charge < -0.3 is 10.0 Å². The number of nitrogens with zero attached hydrogens (tertiary/aromatic N) is 1. The van der Waals surface area contributed by atoms with Gasteiger partial charge in [-0.1, -0.05) is 0 Å². The number of phenolic OH excluding ortho intramolecular Hbond substituents is 1. The van der Waals surface area contributed by atoms with Gasteiger partial charge in [0.05, 0.1) is 0 Å². The molecule has 0 fully saturated rings. The lowest BCUT2D eigenvalue weighted by molar-refractivity contribution is -0.124. The molecule has 20 heavy (non-hydrogen) atoms. The van der Waals surface area contributed by atoms with Crippen LogP contribution in [0.1, 0.15) is 41.7 Å². The van der Waals surface area contributed by atoms with E-state index in [0.29, 0.717) is 5.57 Å². The van der Waals surface area contributed by atoms with Crippen LogP contribution in [0.3, 0.4) is 0 Å². The third-order valence-electron chi connectivity index (χ3n) is 4.32. The highest BCUT2D eigenvalue weighted by Gasteiger charge is 2.19. The molecule has 0 aliphatic rings. The van der Waals surface area contributed by atoms with Crippen molar-refractivity contribution in [1.82, 2.24) is 4.90 Å². The van der Waals surface area contributed by atoms with Gasteiger partial charge >= 0.3 is 0 Å². The normalized spacial score (nSPS) is 12.2. The minimum Gasteiger partial charge on any atom is -0.507 e. The maximum atomic E-state index is 12.1. The fraction of sp³-hybridized carbons (Fsp3) is 0.471. The quantitative estimate of drug-likeness (QED) is 0.839. The number of amides is 1. The van der Waals surface area contributed by atoms with Gasteiger partial charge in [0.1, 0.15) is 5.75 Å². The second kappa shape index (κ2) is 5.70. The lowest BCUT2D eigenvalue weighted by Gasteiger charge is -2.20. The van der Waals surface area contributed by atoms with Gasteiger partial charge in [-0.05, 0) is 69.4 Å². The van der Waals surface area contributed by atoms with Gasteiger partial charge in [-0.15, -0.1) is 0 Å². The number of carbonyl (C=O) groups is 1. The van der Waals surface area contributed by atoms with Crippen molar-refractivity contribution in [1.29, 1.82) is 0 Å². The number of likely N-dealkylation sites (N-methyl/N-ethyl adjacent to an activating group) is 1. The molecule has 0 spiro atoms. The summed E-state index contributed by atoms with van der Waals surface area (Å²) in [5.41, 5.74) is 6.48. The van der Waals surface area contributed by atoms with Gasteiger partial charge in [0.2, 0.25) is 5.91 Å². The van der Waals surface area contributed by atoms with Crippen LogP contribution in [0.15, 0.2) is 5.57 Å². The van der Waals surface area contributed by atoms with E-state index in [9.17, 15) is 9.90 Å². The number of phenols is 1. The molecular weight excluding hydrogens is 250 g/mol. The highest BCUT2D eigenvalue weighted by molar-refractivity contribution is 6.01. The van der Waals surface area contributed by atoms with Crippen LogP contribution in [-0.4, -0.2) is 30.0 Å². The SMILES string of the molecule is C/C(C(=O)N(C)C)=C(/C)c1c(C)c(C)c(C)c(C)c1O. The summed E-state index contributed by atoms with van der Waals surface area (Å²) in [6, 6.07) is 0. The number of allylic oxidation sites excluding steroid dienone is 1. The Hall–Kier alpha value is -1.77. The Kier molecular flexibility index (Phi) is 4.64. The molecule has 110 valence electrons. The molecule has 0 aliphatic heterocycles. The Morgan fingerprint density at radius 1 is 0.900 bits per heavy atom. The zero-order valence-electron chi connectivity index (χ0n) is 13.8. The monoisotopic (exact) mass is 275 g/mol. The van der Waals surface area contributed by atoms with E-state index in [4.69, 9.17) is 0 Å². The molecule has 1 rings (SSSR count). The maximum Gasteiger partial charge on any atom is 0.249 e. The van der Waals surface area contributed by atoms with Gasteiger partial charge in [0.15, 0.2) is 0 Å². The summed E-state index contributed by atoms with van der Waals surface area (Å²) in [6.45, 7) is 11.7. The molecule has 3 heteroatoms. The van der Waals surface area contributed by atoms with E-state index >= 15 is 0 Å². The van der Waals surface area contributed by atoms with Crippen molar-refractivity contribution in [3.63, 3.8) is 0 Å². The summed E-state index contributed by atoms with van der Waals surface area (Å²) in [6.07, 6.45) is 0. The Labute approximate surface area is 121 Å². The second-order valence-corrected chi connectivity index (χ2v) is 5.67. The average Bonchev–Trinajstić information content (AvgIpc) is 2.41. The van der Waals surface area contributed by atoms with E-state index in [1.165, 1.54) is 5.56 Å². The molecule has 0 bridgehead atoms. The second-order valence-electron chi connectivity index (χ2n) is 5.67. The molecule has 1 aromatic rings. The summed E-state index contributed by atoms with van der Waals surface area (Å²) in [5, 5.41) is 10.5. The topological polar surface area (TPSA) is 40.5 Å². The number of rotatable bonds is 2. The van der Waals surface area contributed by atoms with Crippen LogP contribution in [-0.2, 0) is 4.79 Å². The summed E-state index contributed by atoms with van der Waals surface area (Å²) in [5.74, 6) is 0.256. The highest BCUT2D eigenvalue weighted by atomic mass is 16.3.